The molecule has 0 spiro atoms. The predicted molar refractivity (Wildman–Crippen MR) is 111 cm³/mol. The zero-order valence-electron chi connectivity index (χ0n) is 17.1. The average molecular weight is 480 g/mol. The third-order valence-corrected chi connectivity index (χ3v) is 5.98. The molecule has 0 saturated heterocycles. The predicted octanol–water partition coefficient (Wildman–Crippen LogP) is 4.45. The third-order valence-electron chi connectivity index (χ3n) is 4.09. The van der Waals surface area contributed by atoms with Gasteiger partial charge in [-0.3, -0.25) is 9.48 Å². The molecule has 0 atom stereocenters. The molecule has 0 unspecified atom stereocenters. The highest BCUT2D eigenvalue weighted by Gasteiger charge is 2.47. The minimum Gasteiger partial charge on any atom is -0.495 e. The van der Waals surface area contributed by atoms with E-state index in [2.05, 4.69) is 10.4 Å². The highest BCUT2D eigenvalue weighted by molar-refractivity contribution is 7.92. The van der Waals surface area contributed by atoms with Gasteiger partial charge in [0.25, 0.3) is 9.84 Å². The van der Waals surface area contributed by atoms with E-state index in [1.807, 2.05) is 13.8 Å². The van der Waals surface area contributed by atoms with E-state index in [-0.39, 0.29) is 11.4 Å². The molecule has 0 radical (unpaired) electrons. The van der Waals surface area contributed by atoms with Gasteiger partial charge >= 0.3 is 5.51 Å². The second-order valence-corrected chi connectivity index (χ2v) is 9.30. The summed E-state index contributed by atoms with van der Waals surface area (Å²) in [4.78, 5) is 11.3. The molecule has 2 rings (SSSR count). The summed E-state index contributed by atoms with van der Waals surface area (Å²) >= 11 is 6.30. The summed E-state index contributed by atoms with van der Waals surface area (Å²) in [5.74, 6) is -0.446. The summed E-state index contributed by atoms with van der Waals surface area (Å²) in [6.07, 6.45) is 2.53. The van der Waals surface area contributed by atoms with E-state index in [4.69, 9.17) is 16.3 Å². The van der Waals surface area contributed by atoms with Crippen LogP contribution in [0.2, 0.25) is 5.15 Å². The molecule has 170 valence electrons. The van der Waals surface area contributed by atoms with Gasteiger partial charge in [0.15, 0.2) is 0 Å². The normalized spacial score (nSPS) is 12.5. The van der Waals surface area contributed by atoms with E-state index in [0.717, 1.165) is 18.2 Å². The standard InChI is InChI=1S/C19H21ClF3N3O4S/c1-11(2)10-26-18(20)14(12(3)25-26)6-8-17(27)24-15-9-13(5-7-16(15)30-4)31(28,29)19(21,22)23/h5-9,11H,10H2,1-4H3,(H,24,27)/b8-6+. The molecule has 1 aromatic heterocycles. The lowest BCUT2D eigenvalue weighted by molar-refractivity contribution is -0.111. The number of anilines is 1. The van der Waals surface area contributed by atoms with Gasteiger partial charge in [-0.15, -0.1) is 0 Å². The molecule has 0 bridgehead atoms. The van der Waals surface area contributed by atoms with Crippen LogP contribution in [-0.4, -0.2) is 36.7 Å². The first-order valence-corrected chi connectivity index (χ1v) is 10.9. The molecule has 0 fully saturated rings. The molecule has 1 aromatic carbocycles. The Labute approximate surface area is 182 Å². The summed E-state index contributed by atoms with van der Waals surface area (Å²) in [6, 6.07) is 2.46. The Morgan fingerprint density at radius 2 is 2.00 bits per heavy atom. The molecular formula is C19H21ClF3N3O4S. The van der Waals surface area contributed by atoms with E-state index < -0.39 is 26.1 Å². The number of alkyl halides is 3. The number of nitrogens with zero attached hydrogens (tertiary/aromatic N) is 2. The van der Waals surface area contributed by atoms with Crippen LogP contribution in [0.15, 0.2) is 29.2 Å². The highest BCUT2D eigenvalue weighted by atomic mass is 35.5. The Hall–Kier alpha value is -2.53. The quantitative estimate of drug-likeness (QED) is 0.592. The monoisotopic (exact) mass is 479 g/mol. The lowest BCUT2D eigenvalue weighted by atomic mass is 10.2. The zero-order valence-corrected chi connectivity index (χ0v) is 18.7. The first-order valence-electron chi connectivity index (χ1n) is 8.99. The van der Waals surface area contributed by atoms with Crippen LogP contribution in [-0.2, 0) is 21.2 Å². The number of nitrogens with one attached hydrogen (secondary N) is 1. The first-order chi connectivity index (χ1) is 14.3. The van der Waals surface area contributed by atoms with E-state index in [9.17, 15) is 26.4 Å². The zero-order chi connectivity index (χ0) is 23.6. The number of methoxy groups -OCH3 is 1. The van der Waals surface area contributed by atoms with E-state index in [1.165, 1.54) is 13.2 Å². The Kier molecular flexibility index (Phi) is 7.43. The van der Waals surface area contributed by atoms with Crippen molar-refractivity contribution in [3.8, 4) is 5.75 Å². The van der Waals surface area contributed by atoms with Crippen molar-refractivity contribution in [1.82, 2.24) is 9.78 Å². The molecule has 1 heterocycles. The van der Waals surface area contributed by atoms with E-state index in [0.29, 0.717) is 34.9 Å². The van der Waals surface area contributed by atoms with Crippen molar-refractivity contribution in [2.75, 3.05) is 12.4 Å². The van der Waals surface area contributed by atoms with Gasteiger partial charge in [0.05, 0.1) is 23.4 Å². The molecule has 7 nitrogen and oxygen atoms in total. The van der Waals surface area contributed by atoms with Crippen LogP contribution >= 0.6 is 11.6 Å². The van der Waals surface area contributed by atoms with Crippen LogP contribution in [0.1, 0.15) is 25.1 Å². The fourth-order valence-electron chi connectivity index (χ4n) is 2.64. The van der Waals surface area contributed by atoms with Gasteiger partial charge in [-0.25, -0.2) is 8.42 Å². The number of aromatic nitrogens is 2. The molecule has 0 aliphatic carbocycles. The van der Waals surface area contributed by atoms with Crippen LogP contribution < -0.4 is 10.1 Å². The molecule has 0 aliphatic rings. The van der Waals surface area contributed by atoms with Crippen molar-refractivity contribution in [2.24, 2.45) is 5.92 Å². The summed E-state index contributed by atoms with van der Waals surface area (Å²) in [5.41, 5.74) is -4.61. The van der Waals surface area contributed by atoms with Crippen LogP contribution in [0.4, 0.5) is 18.9 Å². The van der Waals surface area contributed by atoms with Crippen molar-refractivity contribution >= 4 is 39.1 Å². The smallest absolute Gasteiger partial charge is 0.495 e. The SMILES string of the molecule is COc1ccc(S(=O)(=O)C(F)(F)F)cc1NC(=O)/C=C/c1c(C)nn(CC(C)C)c1Cl. The molecular weight excluding hydrogens is 459 g/mol. The van der Waals surface area contributed by atoms with Gasteiger partial charge in [0, 0.05) is 18.2 Å². The lowest BCUT2D eigenvalue weighted by Crippen LogP contribution is -2.23. The van der Waals surface area contributed by atoms with Crippen LogP contribution in [0.25, 0.3) is 6.08 Å². The minimum atomic E-state index is -5.59. The topological polar surface area (TPSA) is 90.3 Å². The van der Waals surface area contributed by atoms with Gasteiger partial charge in [0.1, 0.15) is 10.9 Å². The highest BCUT2D eigenvalue weighted by Crippen LogP contribution is 2.34. The summed E-state index contributed by atoms with van der Waals surface area (Å²) in [6.45, 7) is 6.29. The second kappa shape index (κ2) is 9.31. The van der Waals surface area contributed by atoms with Gasteiger partial charge in [0.2, 0.25) is 5.91 Å². The summed E-state index contributed by atoms with van der Waals surface area (Å²) in [7, 11) is -4.36. The Morgan fingerprint density at radius 3 is 2.55 bits per heavy atom. The van der Waals surface area contributed by atoms with Gasteiger partial charge in [-0.2, -0.15) is 18.3 Å². The van der Waals surface area contributed by atoms with Gasteiger partial charge in [-0.05, 0) is 37.1 Å². The number of sulfone groups is 1. The second-order valence-electron chi connectivity index (χ2n) is 7.00. The maximum Gasteiger partial charge on any atom is 0.501 e. The van der Waals surface area contributed by atoms with E-state index in [1.54, 1.807) is 11.6 Å². The number of carbonyl (C=O) groups excluding carboxylic acids is 1. The Balaban J connectivity index is 2.30. The number of hydrogen-bond donors (Lipinski definition) is 1. The fraction of sp³-hybridized carbons (Fsp3) is 0.368. The number of benzene rings is 1. The molecule has 0 aliphatic heterocycles. The summed E-state index contributed by atoms with van der Waals surface area (Å²) < 4.78 is 68.3. The Morgan fingerprint density at radius 1 is 1.35 bits per heavy atom. The maximum atomic E-state index is 12.8. The average Bonchev–Trinajstić information content (AvgIpc) is 2.91. The Bertz CT molecular complexity index is 1110. The fourth-order valence-corrected chi connectivity index (χ4v) is 3.74. The third kappa shape index (κ3) is 5.59. The number of halogens is 4. The molecule has 2 aromatic rings. The van der Waals surface area contributed by atoms with E-state index >= 15 is 0 Å². The number of rotatable bonds is 7. The maximum absolute atomic E-state index is 12.8. The van der Waals surface area contributed by atoms with Gasteiger partial charge < -0.3 is 10.1 Å². The van der Waals surface area contributed by atoms with Crippen LogP contribution in [0.5, 0.6) is 5.75 Å². The summed E-state index contributed by atoms with van der Waals surface area (Å²) in [5, 5.41) is 6.97. The molecule has 1 amide bonds. The molecule has 31 heavy (non-hydrogen) atoms. The number of hydrogen-bond acceptors (Lipinski definition) is 5. The van der Waals surface area contributed by atoms with Gasteiger partial charge in [-0.1, -0.05) is 25.4 Å². The van der Waals surface area contributed by atoms with Crippen molar-refractivity contribution in [3.63, 3.8) is 0 Å². The first kappa shape index (κ1) is 24.7. The number of aryl methyl sites for hydroxylation is 1. The number of ether oxygens (including phenoxy) is 1. The van der Waals surface area contributed by atoms with Crippen molar-refractivity contribution in [1.29, 1.82) is 0 Å². The molecule has 1 N–H and O–H groups in total. The van der Waals surface area contributed by atoms with Crippen LogP contribution in [0, 0.1) is 12.8 Å². The van der Waals surface area contributed by atoms with Crippen molar-refractivity contribution in [2.45, 2.75) is 37.7 Å². The van der Waals surface area contributed by atoms with Crippen molar-refractivity contribution < 1.29 is 31.1 Å². The largest absolute Gasteiger partial charge is 0.501 e. The lowest BCUT2D eigenvalue weighted by Gasteiger charge is -2.13. The van der Waals surface area contributed by atoms with Crippen LogP contribution in [0.3, 0.4) is 0 Å². The minimum absolute atomic E-state index is 0.0122. The number of carbonyl (C=O) groups is 1. The molecule has 12 heteroatoms. The van der Waals surface area contributed by atoms with Crippen molar-refractivity contribution in [3.05, 3.63) is 40.7 Å². The number of amides is 1. The molecule has 0 saturated carbocycles.